The zero-order valence-corrected chi connectivity index (χ0v) is 23.8. The second-order valence-electron chi connectivity index (χ2n) is 10.3. The maximum Gasteiger partial charge on any atom is 0.199 e. The van der Waals surface area contributed by atoms with Gasteiger partial charge < -0.3 is 14.2 Å². The molecule has 0 aliphatic carbocycles. The minimum absolute atomic E-state index is 0.0288. The molecule has 1 heterocycles. The topological polar surface area (TPSA) is 44.5 Å². The molecule has 5 heteroatoms. The van der Waals surface area contributed by atoms with Gasteiger partial charge in [0, 0.05) is 25.3 Å². The van der Waals surface area contributed by atoms with Gasteiger partial charge in [0.15, 0.2) is 12.7 Å². The molecule has 0 saturated heterocycles. The Labute approximate surface area is 226 Å². The molecule has 0 amide bonds. The van der Waals surface area contributed by atoms with Gasteiger partial charge in [-0.3, -0.25) is 0 Å². The van der Waals surface area contributed by atoms with Crippen molar-refractivity contribution in [3.05, 3.63) is 59.9 Å². The van der Waals surface area contributed by atoms with E-state index in [4.69, 9.17) is 14.2 Å². The van der Waals surface area contributed by atoms with Crippen LogP contribution in [0, 0.1) is 0 Å². The summed E-state index contributed by atoms with van der Waals surface area (Å²) in [4.78, 5) is 0. The maximum atomic E-state index is 5.93. The predicted octanol–water partition coefficient (Wildman–Crippen LogP) is 7.45. The summed E-state index contributed by atoms with van der Waals surface area (Å²) in [6, 6.07) is 12.4. The van der Waals surface area contributed by atoms with E-state index >= 15 is 0 Å². The summed E-state index contributed by atoms with van der Waals surface area (Å²) in [7, 11) is 1.73. The Balaban J connectivity index is 1.42. The molecule has 1 aromatic heterocycles. The number of benzene rings is 1. The van der Waals surface area contributed by atoms with Crippen molar-refractivity contribution in [2.24, 2.45) is 0 Å². The molecule has 1 atom stereocenters. The molecular formula is C32H53N2O3+. The second kappa shape index (κ2) is 22.2. The normalized spacial score (nSPS) is 12.2. The summed E-state index contributed by atoms with van der Waals surface area (Å²) < 4.78 is 19.3. The van der Waals surface area contributed by atoms with Crippen molar-refractivity contribution in [3.63, 3.8) is 0 Å². The van der Waals surface area contributed by atoms with Crippen LogP contribution in [0.3, 0.4) is 0 Å². The first-order chi connectivity index (χ1) is 18.3. The van der Waals surface area contributed by atoms with Crippen molar-refractivity contribution < 1.29 is 18.9 Å². The lowest BCUT2D eigenvalue weighted by Gasteiger charge is -2.16. The van der Waals surface area contributed by atoms with Gasteiger partial charge in [-0.1, -0.05) is 113 Å². The quantitative estimate of drug-likeness (QED) is 0.108. The Kier molecular flexibility index (Phi) is 18.8. The maximum absolute atomic E-state index is 5.93. The standard InChI is InChI=1S/C32H53N2O3/c1-3-4-5-6-7-8-9-10-11-12-13-14-15-18-24-36-28-32(35-2)29-37-27-31-21-19-20-30(25-31)26-34-23-17-16-22-33-34/h16-17,19-23,25,32H,3-15,18,24,26-29H2,1-2H3/q+1. The number of hydrogen-bond acceptors (Lipinski definition) is 4. The number of rotatable bonds is 24. The highest BCUT2D eigenvalue weighted by atomic mass is 16.6. The van der Waals surface area contributed by atoms with Crippen molar-refractivity contribution >= 4 is 0 Å². The Morgan fingerprint density at radius 2 is 1.35 bits per heavy atom. The van der Waals surface area contributed by atoms with E-state index in [9.17, 15) is 0 Å². The zero-order valence-electron chi connectivity index (χ0n) is 23.8. The van der Waals surface area contributed by atoms with Crippen LogP contribution in [0.25, 0.3) is 0 Å². The van der Waals surface area contributed by atoms with Crippen LogP contribution in [0.15, 0.2) is 48.8 Å². The van der Waals surface area contributed by atoms with Gasteiger partial charge in [-0.25, -0.2) is 0 Å². The van der Waals surface area contributed by atoms with Crippen molar-refractivity contribution in [2.45, 2.75) is 116 Å². The Morgan fingerprint density at radius 1 is 0.730 bits per heavy atom. The zero-order chi connectivity index (χ0) is 26.2. The van der Waals surface area contributed by atoms with Crippen molar-refractivity contribution in [1.82, 2.24) is 5.10 Å². The molecule has 1 aromatic carbocycles. The van der Waals surface area contributed by atoms with Crippen molar-refractivity contribution in [2.75, 3.05) is 26.9 Å². The summed E-state index contributed by atoms with van der Waals surface area (Å²) in [6.07, 6.45) is 23.0. The molecule has 0 fully saturated rings. The smallest absolute Gasteiger partial charge is 0.199 e. The fraction of sp³-hybridized carbons (Fsp3) is 0.688. The van der Waals surface area contributed by atoms with Crippen LogP contribution in [0.4, 0.5) is 0 Å². The fourth-order valence-electron chi connectivity index (χ4n) is 4.57. The minimum Gasteiger partial charge on any atom is -0.379 e. The summed E-state index contributed by atoms with van der Waals surface area (Å²) in [5.74, 6) is 0. The predicted molar refractivity (Wildman–Crippen MR) is 152 cm³/mol. The number of ether oxygens (including phenoxy) is 3. The van der Waals surface area contributed by atoms with E-state index in [0.29, 0.717) is 19.8 Å². The molecule has 0 bridgehead atoms. The molecule has 2 rings (SSSR count). The van der Waals surface area contributed by atoms with Gasteiger partial charge in [0.05, 0.1) is 26.0 Å². The highest BCUT2D eigenvalue weighted by Gasteiger charge is 2.09. The largest absolute Gasteiger partial charge is 0.379 e. The first-order valence-corrected chi connectivity index (χ1v) is 14.9. The number of unbranched alkanes of at least 4 members (excludes halogenated alkanes) is 13. The summed E-state index contributed by atoms with van der Waals surface area (Å²) in [5, 5.41) is 4.34. The molecule has 0 aliphatic heterocycles. The van der Waals surface area contributed by atoms with Crippen LogP contribution in [-0.4, -0.2) is 38.1 Å². The van der Waals surface area contributed by atoms with E-state index in [1.807, 2.05) is 23.0 Å². The molecule has 5 nitrogen and oxygen atoms in total. The molecule has 0 N–H and O–H groups in total. The van der Waals surface area contributed by atoms with Crippen LogP contribution < -0.4 is 4.68 Å². The van der Waals surface area contributed by atoms with Crippen LogP contribution >= 0.6 is 0 Å². The molecule has 37 heavy (non-hydrogen) atoms. The molecule has 0 saturated carbocycles. The summed E-state index contributed by atoms with van der Waals surface area (Å²) in [5.41, 5.74) is 2.37. The number of hydrogen-bond donors (Lipinski definition) is 0. The van der Waals surface area contributed by atoms with E-state index in [1.54, 1.807) is 13.3 Å². The fourth-order valence-corrected chi connectivity index (χ4v) is 4.57. The molecule has 0 spiro atoms. The first kappa shape index (κ1) is 31.4. The van der Waals surface area contributed by atoms with E-state index in [1.165, 1.54) is 89.0 Å². The molecular weight excluding hydrogens is 460 g/mol. The van der Waals surface area contributed by atoms with Gasteiger partial charge >= 0.3 is 0 Å². The van der Waals surface area contributed by atoms with Gasteiger partial charge in [0.25, 0.3) is 0 Å². The average Bonchev–Trinajstić information content (AvgIpc) is 2.92. The molecule has 0 aliphatic rings. The minimum atomic E-state index is -0.0288. The number of aromatic nitrogens is 2. The third kappa shape index (κ3) is 16.6. The van der Waals surface area contributed by atoms with Gasteiger partial charge in [-0.2, -0.15) is 0 Å². The van der Waals surface area contributed by atoms with Gasteiger partial charge in [0.1, 0.15) is 6.10 Å². The van der Waals surface area contributed by atoms with Crippen molar-refractivity contribution in [1.29, 1.82) is 0 Å². The third-order valence-corrected chi connectivity index (χ3v) is 6.86. The highest BCUT2D eigenvalue weighted by Crippen LogP contribution is 2.13. The van der Waals surface area contributed by atoms with Gasteiger partial charge in [0.2, 0.25) is 0 Å². The third-order valence-electron chi connectivity index (χ3n) is 6.86. The number of methoxy groups -OCH3 is 1. The lowest BCUT2D eigenvalue weighted by Crippen LogP contribution is -2.37. The van der Waals surface area contributed by atoms with Crippen molar-refractivity contribution in [3.8, 4) is 0 Å². The second-order valence-corrected chi connectivity index (χ2v) is 10.3. The van der Waals surface area contributed by atoms with Crippen LogP contribution in [0.1, 0.15) is 108 Å². The number of nitrogens with zero attached hydrogens (tertiary/aromatic N) is 2. The Hall–Kier alpha value is -1.82. The molecule has 1 unspecified atom stereocenters. The van der Waals surface area contributed by atoms with Gasteiger partial charge in [-0.05, 0) is 29.2 Å². The molecule has 208 valence electrons. The van der Waals surface area contributed by atoms with E-state index in [-0.39, 0.29) is 6.10 Å². The lowest BCUT2D eigenvalue weighted by molar-refractivity contribution is -0.746. The van der Waals surface area contributed by atoms with Crippen LogP contribution in [0.2, 0.25) is 0 Å². The Morgan fingerprint density at radius 3 is 1.97 bits per heavy atom. The Bertz CT molecular complexity index is 772. The van der Waals surface area contributed by atoms with Crippen LogP contribution in [-0.2, 0) is 27.4 Å². The van der Waals surface area contributed by atoms with E-state index < -0.39 is 0 Å². The first-order valence-electron chi connectivity index (χ1n) is 14.9. The summed E-state index contributed by atoms with van der Waals surface area (Å²) >= 11 is 0. The lowest BCUT2D eigenvalue weighted by atomic mass is 10.0. The average molecular weight is 514 g/mol. The van der Waals surface area contributed by atoms with Crippen LogP contribution in [0.5, 0.6) is 0 Å². The SMILES string of the molecule is CCCCCCCCCCCCCCCCOCC(COCc1cccc(C[n+]2ccccn2)c1)OC. The highest BCUT2D eigenvalue weighted by molar-refractivity contribution is 5.22. The van der Waals surface area contributed by atoms with E-state index in [0.717, 1.165) is 25.1 Å². The van der Waals surface area contributed by atoms with Gasteiger partial charge in [-0.15, -0.1) is 0 Å². The molecule has 2 aromatic rings. The van der Waals surface area contributed by atoms with E-state index in [2.05, 4.69) is 36.3 Å². The monoisotopic (exact) mass is 513 g/mol. The molecule has 0 radical (unpaired) electrons. The summed E-state index contributed by atoms with van der Waals surface area (Å²) in [6.45, 7) is 5.54.